The van der Waals surface area contributed by atoms with Crippen LogP contribution in [0.4, 0.5) is 5.69 Å². The highest BCUT2D eigenvalue weighted by Crippen LogP contribution is 2.31. The fourth-order valence-electron chi connectivity index (χ4n) is 3.27. The number of rotatable bonds is 8. The number of anilines is 1. The van der Waals surface area contributed by atoms with Gasteiger partial charge in [0.15, 0.2) is 0 Å². The fourth-order valence-corrected chi connectivity index (χ4v) is 3.27. The maximum Gasteiger partial charge on any atom is 0.228 e. The van der Waals surface area contributed by atoms with Crippen LogP contribution in [0.3, 0.4) is 0 Å². The number of carbonyl (C=O) groups excluding carboxylic acids is 1. The third kappa shape index (κ3) is 4.83. The van der Waals surface area contributed by atoms with E-state index in [0.29, 0.717) is 31.2 Å². The Morgan fingerprint density at radius 3 is 2.45 bits per heavy atom. The molecule has 150 valence electrons. The lowest BCUT2D eigenvalue weighted by Gasteiger charge is -2.22. The van der Waals surface area contributed by atoms with Crippen molar-refractivity contribution in [2.24, 2.45) is 5.92 Å². The lowest BCUT2D eigenvalue weighted by Crippen LogP contribution is -2.33. The summed E-state index contributed by atoms with van der Waals surface area (Å²) < 4.78 is 5.44. The number of hydrogen-bond donors (Lipinski definition) is 0. The molecule has 6 nitrogen and oxygen atoms in total. The van der Waals surface area contributed by atoms with E-state index in [-0.39, 0.29) is 11.8 Å². The molecule has 0 atom stereocenters. The minimum Gasteiger partial charge on any atom is -0.378 e. The van der Waals surface area contributed by atoms with Gasteiger partial charge in [-0.1, -0.05) is 35.5 Å². The second-order valence-electron chi connectivity index (χ2n) is 7.72. The van der Waals surface area contributed by atoms with Crippen molar-refractivity contribution in [3.05, 3.63) is 66.1 Å². The number of amides is 1. The first-order valence-corrected chi connectivity index (χ1v) is 10.0. The molecule has 0 N–H and O–H groups in total. The first-order valence-electron chi connectivity index (χ1n) is 10.0. The molecule has 0 unspecified atom stereocenters. The maximum absolute atomic E-state index is 12.7. The van der Waals surface area contributed by atoms with E-state index in [4.69, 9.17) is 4.52 Å². The van der Waals surface area contributed by atoms with Crippen LogP contribution in [0.5, 0.6) is 0 Å². The maximum atomic E-state index is 12.7. The minimum atomic E-state index is 0.187. The first-order chi connectivity index (χ1) is 14.1. The van der Waals surface area contributed by atoms with E-state index < -0.39 is 0 Å². The molecule has 29 heavy (non-hydrogen) atoms. The Morgan fingerprint density at radius 2 is 1.79 bits per heavy atom. The third-order valence-electron chi connectivity index (χ3n) is 5.16. The standard InChI is InChI=1S/C23H26N4O2/c1-26(2)20-12-10-18(11-13-20)22-24-21(29-25-22)14-15-27(23(28)19-8-9-19)16-17-6-4-3-5-7-17/h3-7,10-13,19H,8-9,14-16H2,1-2H3. The SMILES string of the molecule is CN(C)c1ccc(-c2noc(CCN(Cc3ccccc3)C(=O)C3CC3)n2)cc1. The zero-order valence-electron chi connectivity index (χ0n) is 16.9. The molecule has 0 saturated heterocycles. The number of benzene rings is 2. The highest BCUT2D eigenvalue weighted by Gasteiger charge is 2.33. The van der Waals surface area contributed by atoms with E-state index in [2.05, 4.69) is 22.3 Å². The molecule has 1 aromatic heterocycles. The van der Waals surface area contributed by atoms with E-state index in [1.807, 2.05) is 66.4 Å². The van der Waals surface area contributed by atoms with Gasteiger partial charge in [0.2, 0.25) is 17.6 Å². The van der Waals surface area contributed by atoms with Gasteiger partial charge in [0.1, 0.15) is 0 Å². The number of carbonyl (C=O) groups is 1. The van der Waals surface area contributed by atoms with Crippen LogP contribution in [0, 0.1) is 5.92 Å². The fraction of sp³-hybridized carbons (Fsp3) is 0.348. The van der Waals surface area contributed by atoms with Crippen LogP contribution in [0.15, 0.2) is 59.1 Å². The van der Waals surface area contributed by atoms with Crippen molar-refractivity contribution < 1.29 is 9.32 Å². The Hall–Kier alpha value is -3.15. The van der Waals surface area contributed by atoms with Crippen molar-refractivity contribution in [2.45, 2.75) is 25.8 Å². The van der Waals surface area contributed by atoms with Crippen LogP contribution < -0.4 is 4.90 Å². The second kappa shape index (κ2) is 8.47. The molecular formula is C23H26N4O2. The first kappa shape index (κ1) is 19.2. The summed E-state index contributed by atoms with van der Waals surface area (Å²) in [5.41, 5.74) is 3.17. The van der Waals surface area contributed by atoms with Gasteiger partial charge in [-0.05, 0) is 42.7 Å². The zero-order chi connectivity index (χ0) is 20.2. The number of aromatic nitrogens is 2. The lowest BCUT2D eigenvalue weighted by atomic mass is 10.2. The zero-order valence-corrected chi connectivity index (χ0v) is 16.9. The van der Waals surface area contributed by atoms with Crippen LogP contribution in [-0.4, -0.2) is 41.6 Å². The van der Waals surface area contributed by atoms with Crippen molar-refractivity contribution in [2.75, 3.05) is 25.5 Å². The molecule has 0 aliphatic heterocycles. The van der Waals surface area contributed by atoms with Gasteiger partial charge in [-0.25, -0.2) is 0 Å². The predicted octanol–water partition coefficient (Wildman–Crippen LogP) is 3.78. The predicted molar refractivity (Wildman–Crippen MR) is 112 cm³/mol. The smallest absolute Gasteiger partial charge is 0.228 e. The Bertz CT molecular complexity index is 947. The molecule has 1 amide bonds. The summed E-state index contributed by atoms with van der Waals surface area (Å²) in [7, 11) is 4.01. The Labute approximate surface area is 171 Å². The highest BCUT2D eigenvalue weighted by atomic mass is 16.5. The Kier molecular flexibility index (Phi) is 5.60. The Morgan fingerprint density at radius 1 is 1.07 bits per heavy atom. The average molecular weight is 390 g/mol. The van der Waals surface area contributed by atoms with Gasteiger partial charge in [0, 0.05) is 50.8 Å². The summed E-state index contributed by atoms with van der Waals surface area (Å²) >= 11 is 0. The quantitative estimate of drug-likeness (QED) is 0.586. The summed E-state index contributed by atoms with van der Waals surface area (Å²) in [6, 6.07) is 18.1. The minimum absolute atomic E-state index is 0.187. The van der Waals surface area contributed by atoms with Gasteiger partial charge < -0.3 is 14.3 Å². The molecule has 1 fully saturated rings. The van der Waals surface area contributed by atoms with Crippen molar-refractivity contribution in [3.63, 3.8) is 0 Å². The van der Waals surface area contributed by atoms with Crippen molar-refractivity contribution >= 4 is 11.6 Å². The van der Waals surface area contributed by atoms with Gasteiger partial charge in [0.25, 0.3) is 0 Å². The van der Waals surface area contributed by atoms with E-state index >= 15 is 0 Å². The van der Waals surface area contributed by atoms with Gasteiger partial charge in [-0.2, -0.15) is 4.98 Å². The van der Waals surface area contributed by atoms with E-state index in [1.54, 1.807) is 0 Å². The van der Waals surface area contributed by atoms with Crippen LogP contribution in [0.1, 0.15) is 24.3 Å². The van der Waals surface area contributed by atoms with Crippen molar-refractivity contribution in [1.29, 1.82) is 0 Å². The van der Waals surface area contributed by atoms with Gasteiger partial charge in [0.05, 0.1) is 0 Å². The molecule has 4 rings (SSSR count). The molecule has 0 spiro atoms. The van der Waals surface area contributed by atoms with Gasteiger partial charge in [-0.15, -0.1) is 0 Å². The van der Waals surface area contributed by atoms with E-state index in [0.717, 1.165) is 29.7 Å². The molecular weight excluding hydrogens is 364 g/mol. The topological polar surface area (TPSA) is 62.5 Å². The number of hydrogen-bond acceptors (Lipinski definition) is 5. The molecule has 0 radical (unpaired) electrons. The molecule has 1 heterocycles. The normalized spacial score (nSPS) is 13.3. The average Bonchev–Trinajstić information content (AvgIpc) is 3.49. The molecule has 1 saturated carbocycles. The van der Waals surface area contributed by atoms with E-state index in [9.17, 15) is 4.79 Å². The largest absolute Gasteiger partial charge is 0.378 e. The molecule has 1 aliphatic carbocycles. The Balaban J connectivity index is 1.41. The monoisotopic (exact) mass is 390 g/mol. The highest BCUT2D eigenvalue weighted by molar-refractivity contribution is 5.81. The summed E-state index contributed by atoms with van der Waals surface area (Å²) in [4.78, 5) is 21.2. The van der Waals surface area contributed by atoms with Crippen LogP contribution in [-0.2, 0) is 17.8 Å². The summed E-state index contributed by atoms with van der Waals surface area (Å²) in [6.45, 7) is 1.19. The summed E-state index contributed by atoms with van der Waals surface area (Å²) in [5, 5.41) is 4.11. The lowest BCUT2D eigenvalue weighted by molar-refractivity contribution is -0.133. The van der Waals surface area contributed by atoms with Crippen LogP contribution in [0.2, 0.25) is 0 Å². The molecule has 0 bridgehead atoms. The summed E-state index contributed by atoms with van der Waals surface area (Å²) in [6.07, 6.45) is 2.55. The van der Waals surface area contributed by atoms with Crippen molar-refractivity contribution in [1.82, 2.24) is 15.0 Å². The third-order valence-corrected chi connectivity index (χ3v) is 5.16. The molecule has 2 aromatic carbocycles. The molecule has 3 aromatic rings. The van der Waals surface area contributed by atoms with Crippen molar-refractivity contribution in [3.8, 4) is 11.4 Å². The second-order valence-corrected chi connectivity index (χ2v) is 7.72. The summed E-state index contributed by atoms with van der Waals surface area (Å²) in [5.74, 6) is 1.55. The van der Waals surface area contributed by atoms with Gasteiger partial charge >= 0.3 is 0 Å². The van der Waals surface area contributed by atoms with E-state index in [1.165, 1.54) is 0 Å². The van der Waals surface area contributed by atoms with Gasteiger partial charge in [-0.3, -0.25) is 4.79 Å². The number of nitrogens with zero attached hydrogens (tertiary/aromatic N) is 4. The molecule has 6 heteroatoms. The molecule has 1 aliphatic rings. The van der Waals surface area contributed by atoms with Crippen LogP contribution >= 0.6 is 0 Å². The van der Waals surface area contributed by atoms with Crippen LogP contribution in [0.25, 0.3) is 11.4 Å².